The second-order valence-electron chi connectivity index (χ2n) is 4.21. The van der Waals surface area contributed by atoms with Gasteiger partial charge in [0.2, 0.25) is 0 Å². The van der Waals surface area contributed by atoms with Crippen molar-refractivity contribution in [2.24, 2.45) is 11.8 Å². The number of allylic oxidation sites excluding steroid dienone is 2. The molecule has 0 saturated heterocycles. The van der Waals surface area contributed by atoms with E-state index in [1.54, 1.807) is 36.4 Å². The van der Waals surface area contributed by atoms with E-state index in [1.165, 1.54) is 0 Å². The maximum Gasteiger partial charge on any atom is 1.00 e. The summed E-state index contributed by atoms with van der Waals surface area (Å²) >= 11 is 0. The Bertz CT molecular complexity index is 486. The Hall–Kier alpha value is -1.43. The maximum absolute atomic E-state index is 11.9. The third-order valence-corrected chi connectivity index (χ3v) is 3.00. The van der Waals surface area contributed by atoms with Crippen molar-refractivity contribution in [1.82, 2.24) is 0 Å². The van der Waals surface area contributed by atoms with Gasteiger partial charge in [0, 0.05) is 11.9 Å². The molecule has 5 nitrogen and oxygen atoms in total. The molecule has 0 fully saturated rings. The summed E-state index contributed by atoms with van der Waals surface area (Å²) < 4.78 is 5.17. The summed E-state index contributed by atoms with van der Waals surface area (Å²) in [5, 5.41) is 11.0. The summed E-state index contributed by atoms with van der Waals surface area (Å²) in [6, 6.07) is 8.62. The first-order valence-corrected chi connectivity index (χ1v) is 6.10. The van der Waals surface area contributed by atoms with Crippen LogP contribution in [0.5, 0.6) is 5.75 Å². The molecule has 0 bridgehead atoms. The number of rotatable bonds is 3. The SMILES string of the molecule is C=O.O=C([O-])C1CC=CCC1C(=O)Oc1ccccc1.[Na+]. The molecule has 2 unspecified atom stereocenters. The average Bonchev–Trinajstić information content (AvgIpc) is 2.50. The normalized spacial score (nSPS) is 19.4. The van der Waals surface area contributed by atoms with Crippen molar-refractivity contribution in [3.8, 4) is 5.75 Å². The predicted molar refractivity (Wildman–Crippen MR) is 69.6 cm³/mol. The molecule has 2 rings (SSSR count). The number of ether oxygens (including phenoxy) is 1. The molecule has 6 heteroatoms. The Kier molecular flexibility index (Phi) is 9.62. The van der Waals surface area contributed by atoms with Gasteiger partial charge in [0.1, 0.15) is 12.5 Å². The van der Waals surface area contributed by atoms with Crippen LogP contribution in [-0.2, 0) is 14.4 Å². The molecule has 0 spiro atoms. The fourth-order valence-corrected chi connectivity index (χ4v) is 2.02. The summed E-state index contributed by atoms with van der Waals surface area (Å²) in [6.07, 6.45) is 4.25. The van der Waals surface area contributed by atoms with E-state index in [9.17, 15) is 14.7 Å². The molecule has 0 aromatic heterocycles. The third kappa shape index (κ3) is 5.83. The van der Waals surface area contributed by atoms with Crippen molar-refractivity contribution in [2.75, 3.05) is 0 Å². The number of carboxylic acid groups (broad SMARTS) is 1. The molecular weight excluding hydrogens is 283 g/mol. The van der Waals surface area contributed by atoms with Crippen LogP contribution in [-0.4, -0.2) is 18.7 Å². The van der Waals surface area contributed by atoms with Gasteiger partial charge in [-0.05, 0) is 25.0 Å². The molecule has 0 radical (unpaired) electrons. The molecule has 1 aliphatic rings. The average molecular weight is 298 g/mol. The predicted octanol–water partition coefficient (Wildman–Crippen LogP) is -2.26. The topological polar surface area (TPSA) is 83.5 Å². The molecule has 1 aromatic carbocycles. The minimum absolute atomic E-state index is 0. The van der Waals surface area contributed by atoms with Crippen molar-refractivity contribution in [3.05, 3.63) is 42.5 Å². The second-order valence-corrected chi connectivity index (χ2v) is 4.21. The molecule has 0 aliphatic heterocycles. The Morgan fingerprint density at radius 3 is 2.10 bits per heavy atom. The van der Waals surface area contributed by atoms with Crippen LogP contribution >= 0.6 is 0 Å². The Balaban J connectivity index is 0.00000128. The molecule has 2 atom stereocenters. The summed E-state index contributed by atoms with van der Waals surface area (Å²) in [6.45, 7) is 2.00. The second kappa shape index (κ2) is 10.3. The zero-order valence-electron chi connectivity index (χ0n) is 11.9. The van der Waals surface area contributed by atoms with Crippen LogP contribution in [0.15, 0.2) is 42.5 Å². The first-order chi connectivity index (χ1) is 9.68. The van der Waals surface area contributed by atoms with Crippen LogP contribution in [0, 0.1) is 11.8 Å². The number of benzene rings is 1. The van der Waals surface area contributed by atoms with Crippen LogP contribution in [0.4, 0.5) is 0 Å². The fraction of sp³-hybridized carbons (Fsp3) is 0.267. The molecule has 1 aliphatic carbocycles. The molecule has 21 heavy (non-hydrogen) atoms. The van der Waals surface area contributed by atoms with Gasteiger partial charge in [-0.15, -0.1) is 0 Å². The van der Waals surface area contributed by atoms with E-state index in [4.69, 9.17) is 9.53 Å². The molecule has 1 aromatic rings. The Labute approximate surface area is 145 Å². The Morgan fingerprint density at radius 1 is 1.05 bits per heavy atom. The van der Waals surface area contributed by atoms with Crippen molar-refractivity contribution >= 4 is 18.7 Å². The van der Waals surface area contributed by atoms with Crippen molar-refractivity contribution in [3.63, 3.8) is 0 Å². The van der Waals surface area contributed by atoms with E-state index in [2.05, 4.69) is 0 Å². The van der Waals surface area contributed by atoms with Gasteiger partial charge in [0.25, 0.3) is 0 Å². The van der Waals surface area contributed by atoms with E-state index >= 15 is 0 Å². The largest absolute Gasteiger partial charge is 1.00 e. The molecular formula is C15H15NaO5. The number of carbonyl (C=O) groups excluding carboxylic acids is 3. The molecule has 0 heterocycles. The number of hydrogen-bond acceptors (Lipinski definition) is 5. The number of aliphatic carboxylic acids is 1. The van der Waals surface area contributed by atoms with Gasteiger partial charge in [-0.25, -0.2) is 0 Å². The van der Waals surface area contributed by atoms with Gasteiger partial charge in [-0.1, -0.05) is 30.4 Å². The van der Waals surface area contributed by atoms with Crippen molar-refractivity contribution in [1.29, 1.82) is 0 Å². The van der Waals surface area contributed by atoms with Gasteiger partial charge < -0.3 is 19.4 Å². The first kappa shape index (κ1) is 19.6. The zero-order valence-corrected chi connectivity index (χ0v) is 13.9. The van der Waals surface area contributed by atoms with Gasteiger partial charge >= 0.3 is 35.5 Å². The monoisotopic (exact) mass is 298 g/mol. The van der Waals surface area contributed by atoms with Gasteiger partial charge in [0.15, 0.2) is 0 Å². The van der Waals surface area contributed by atoms with Crippen LogP contribution < -0.4 is 39.4 Å². The summed E-state index contributed by atoms with van der Waals surface area (Å²) in [5.41, 5.74) is 0. The summed E-state index contributed by atoms with van der Waals surface area (Å²) in [5.74, 6) is -2.75. The Morgan fingerprint density at radius 2 is 1.57 bits per heavy atom. The number of para-hydroxylation sites is 1. The molecule has 0 N–H and O–H groups in total. The number of esters is 1. The van der Waals surface area contributed by atoms with E-state index < -0.39 is 23.8 Å². The van der Waals surface area contributed by atoms with E-state index in [-0.39, 0.29) is 29.6 Å². The first-order valence-electron chi connectivity index (χ1n) is 6.10. The van der Waals surface area contributed by atoms with E-state index in [1.807, 2.05) is 12.9 Å². The minimum Gasteiger partial charge on any atom is -0.550 e. The molecule has 0 amide bonds. The third-order valence-electron chi connectivity index (χ3n) is 3.00. The molecule has 0 saturated carbocycles. The van der Waals surface area contributed by atoms with Gasteiger partial charge in [-0.3, -0.25) is 4.79 Å². The number of carboxylic acids is 1. The van der Waals surface area contributed by atoms with Gasteiger partial charge in [-0.2, -0.15) is 0 Å². The molecule has 106 valence electrons. The maximum atomic E-state index is 11.9. The van der Waals surface area contributed by atoms with Crippen LogP contribution in [0.3, 0.4) is 0 Å². The fourth-order valence-electron chi connectivity index (χ4n) is 2.02. The van der Waals surface area contributed by atoms with E-state index in [0.29, 0.717) is 18.6 Å². The van der Waals surface area contributed by atoms with Crippen LogP contribution in [0.25, 0.3) is 0 Å². The van der Waals surface area contributed by atoms with Crippen molar-refractivity contribution < 1.29 is 53.8 Å². The zero-order chi connectivity index (χ0) is 15.0. The number of carbonyl (C=O) groups is 3. The summed E-state index contributed by atoms with van der Waals surface area (Å²) in [7, 11) is 0. The van der Waals surface area contributed by atoms with Gasteiger partial charge in [0.05, 0.1) is 5.92 Å². The number of hydrogen-bond donors (Lipinski definition) is 0. The quantitative estimate of drug-likeness (QED) is 0.272. The standard InChI is InChI=1S/C14H14O4.CH2O.Na/c15-13(16)11-8-4-5-9-12(11)14(17)18-10-6-2-1-3-7-10;1-2;/h1-7,11-12H,8-9H2,(H,15,16);1H2;/q;;+1/p-1. The van der Waals surface area contributed by atoms with E-state index in [0.717, 1.165) is 0 Å². The minimum atomic E-state index is -1.20. The smallest absolute Gasteiger partial charge is 0.550 e. The van der Waals surface area contributed by atoms with Crippen molar-refractivity contribution in [2.45, 2.75) is 12.8 Å². The van der Waals surface area contributed by atoms with Crippen LogP contribution in [0.2, 0.25) is 0 Å². The van der Waals surface area contributed by atoms with Crippen LogP contribution in [0.1, 0.15) is 12.8 Å². The summed E-state index contributed by atoms with van der Waals surface area (Å²) in [4.78, 5) is 30.9.